The molecule has 1 aliphatic carbocycles. The van der Waals surface area contributed by atoms with Gasteiger partial charge in [-0.05, 0) is 26.2 Å². The Balaban J connectivity index is 1.74. The summed E-state index contributed by atoms with van der Waals surface area (Å²) in [4.78, 5) is 18.5. The zero-order valence-corrected chi connectivity index (χ0v) is 15.1. The van der Waals surface area contributed by atoms with Gasteiger partial charge in [0, 0.05) is 19.5 Å². The number of aromatic nitrogens is 3. The predicted molar refractivity (Wildman–Crippen MR) is 94.5 cm³/mol. The molecule has 0 radical (unpaired) electrons. The van der Waals surface area contributed by atoms with E-state index in [2.05, 4.69) is 21.8 Å². The summed E-state index contributed by atoms with van der Waals surface area (Å²) in [7, 11) is 0. The SMILES string of the molecule is C=C(C)CN(CC)C(=O)CSc1n[nH]c(CCC2CCCC2)n1. The van der Waals surface area contributed by atoms with E-state index in [9.17, 15) is 4.79 Å². The first kappa shape index (κ1) is 18.0. The highest BCUT2D eigenvalue weighted by molar-refractivity contribution is 7.99. The lowest BCUT2D eigenvalue weighted by atomic mass is 10.0. The van der Waals surface area contributed by atoms with Gasteiger partial charge in [-0.1, -0.05) is 49.6 Å². The number of nitrogens with one attached hydrogen (secondary N) is 1. The third-order valence-electron chi connectivity index (χ3n) is 4.30. The number of hydrogen-bond acceptors (Lipinski definition) is 4. The Morgan fingerprint density at radius 1 is 1.43 bits per heavy atom. The van der Waals surface area contributed by atoms with E-state index >= 15 is 0 Å². The molecule has 0 atom stereocenters. The highest BCUT2D eigenvalue weighted by Gasteiger charge is 2.16. The van der Waals surface area contributed by atoms with E-state index in [4.69, 9.17) is 0 Å². The van der Waals surface area contributed by atoms with Gasteiger partial charge in [-0.15, -0.1) is 5.10 Å². The van der Waals surface area contributed by atoms with E-state index in [1.165, 1.54) is 43.9 Å². The Hall–Kier alpha value is -1.30. The molecule has 1 aliphatic rings. The van der Waals surface area contributed by atoms with Crippen molar-refractivity contribution in [1.82, 2.24) is 20.1 Å². The number of carbonyl (C=O) groups is 1. The molecule has 2 rings (SSSR count). The van der Waals surface area contributed by atoms with Crippen molar-refractivity contribution in [3.8, 4) is 0 Å². The van der Waals surface area contributed by atoms with Crippen molar-refractivity contribution in [2.45, 2.75) is 57.5 Å². The van der Waals surface area contributed by atoms with E-state index in [0.717, 1.165) is 23.7 Å². The molecule has 1 aromatic heterocycles. The van der Waals surface area contributed by atoms with Gasteiger partial charge in [0.05, 0.1) is 5.75 Å². The Morgan fingerprint density at radius 3 is 2.83 bits per heavy atom. The molecule has 1 aromatic rings. The number of likely N-dealkylation sites (N-methyl/N-ethyl adjacent to an activating group) is 1. The van der Waals surface area contributed by atoms with Crippen molar-refractivity contribution in [2.24, 2.45) is 5.92 Å². The number of nitrogens with zero attached hydrogens (tertiary/aromatic N) is 3. The van der Waals surface area contributed by atoms with Crippen LogP contribution in [0.15, 0.2) is 17.3 Å². The third-order valence-corrected chi connectivity index (χ3v) is 5.13. The number of aryl methyl sites for hydroxylation is 1. The van der Waals surface area contributed by atoms with Gasteiger partial charge in [0.25, 0.3) is 0 Å². The number of aromatic amines is 1. The average Bonchev–Trinajstić information content (AvgIpc) is 3.19. The Labute approximate surface area is 143 Å². The number of amides is 1. The second-order valence-electron chi connectivity index (χ2n) is 6.41. The topological polar surface area (TPSA) is 61.9 Å². The van der Waals surface area contributed by atoms with Crippen LogP contribution < -0.4 is 0 Å². The molecule has 0 spiro atoms. The van der Waals surface area contributed by atoms with Crippen molar-refractivity contribution in [3.63, 3.8) is 0 Å². The molecule has 1 fully saturated rings. The van der Waals surface area contributed by atoms with Crippen molar-refractivity contribution in [1.29, 1.82) is 0 Å². The van der Waals surface area contributed by atoms with Crippen molar-refractivity contribution in [3.05, 3.63) is 18.0 Å². The average molecular weight is 337 g/mol. The van der Waals surface area contributed by atoms with Crippen LogP contribution in [-0.2, 0) is 11.2 Å². The highest BCUT2D eigenvalue weighted by Crippen LogP contribution is 2.28. The number of hydrogen-bond donors (Lipinski definition) is 1. The lowest BCUT2D eigenvalue weighted by molar-refractivity contribution is -0.127. The minimum Gasteiger partial charge on any atom is -0.338 e. The van der Waals surface area contributed by atoms with Crippen LogP contribution in [0.25, 0.3) is 0 Å². The van der Waals surface area contributed by atoms with E-state index in [0.29, 0.717) is 24.0 Å². The molecule has 6 heteroatoms. The fourth-order valence-corrected chi connectivity index (χ4v) is 3.73. The summed E-state index contributed by atoms with van der Waals surface area (Å²) in [6, 6.07) is 0. The first-order valence-electron chi connectivity index (χ1n) is 8.54. The van der Waals surface area contributed by atoms with Crippen molar-refractivity contribution >= 4 is 17.7 Å². The summed E-state index contributed by atoms with van der Waals surface area (Å²) >= 11 is 1.40. The molecule has 0 bridgehead atoms. The van der Waals surface area contributed by atoms with Crippen molar-refractivity contribution in [2.75, 3.05) is 18.8 Å². The van der Waals surface area contributed by atoms with Crippen LogP contribution >= 0.6 is 11.8 Å². The van der Waals surface area contributed by atoms with Gasteiger partial charge < -0.3 is 4.90 Å². The van der Waals surface area contributed by atoms with Gasteiger partial charge >= 0.3 is 0 Å². The maximum atomic E-state index is 12.2. The predicted octanol–water partition coefficient (Wildman–Crippen LogP) is 3.44. The lowest BCUT2D eigenvalue weighted by Gasteiger charge is -2.20. The maximum Gasteiger partial charge on any atom is 0.233 e. The van der Waals surface area contributed by atoms with Gasteiger partial charge in [0.1, 0.15) is 5.82 Å². The van der Waals surface area contributed by atoms with E-state index in [-0.39, 0.29) is 5.91 Å². The lowest BCUT2D eigenvalue weighted by Crippen LogP contribution is -2.33. The molecule has 5 nitrogen and oxygen atoms in total. The quantitative estimate of drug-likeness (QED) is 0.554. The van der Waals surface area contributed by atoms with Crippen LogP contribution in [0.3, 0.4) is 0 Å². The smallest absolute Gasteiger partial charge is 0.233 e. The van der Waals surface area contributed by atoms with Gasteiger partial charge in [-0.25, -0.2) is 4.98 Å². The van der Waals surface area contributed by atoms with E-state index in [1.807, 2.05) is 18.7 Å². The summed E-state index contributed by atoms with van der Waals surface area (Å²) in [6.45, 7) is 9.12. The minimum atomic E-state index is 0.109. The molecule has 23 heavy (non-hydrogen) atoms. The molecule has 0 aliphatic heterocycles. The molecule has 1 heterocycles. The van der Waals surface area contributed by atoms with Crippen LogP contribution in [0.5, 0.6) is 0 Å². The molecule has 0 aromatic carbocycles. The Bertz CT molecular complexity index is 522. The second kappa shape index (κ2) is 9.11. The van der Waals surface area contributed by atoms with Crippen LogP contribution in [0.1, 0.15) is 51.8 Å². The number of carbonyl (C=O) groups excluding carboxylic acids is 1. The Kier molecular flexibility index (Phi) is 7.15. The summed E-state index contributed by atoms with van der Waals surface area (Å²) in [5, 5.41) is 7.90. The standard InChI is InChI=1S/C17H28N4OS/c1-4-21(11-13(2)3)16(22)12-23-17-18-15(19-20-17)10-9-14-7-5-6-8-14/h14H,2,4-12H2,1,3H3,(H,18,19,20). The zero-order valence-electron chi connectivity index (χ0n) is 14.3. The van der Waals surface area contributed by atoms with Gasteiger partial charge in [-0.3, -0.25) is 9.89 Å². The molecule has 1 amide bonds. The van der Waals surface area contributed by atoms with E-state index < -0.39 is 0 Å². The fraction of sp³-hybridized carbons (Fsp3) is 0.706. The summed E-state index contributed by atoms with van der Waals surface area (Å²) in [5.74, 6) is 2.29. The van der Waals surface area contributed by atoms with Crippen LogP contribution in [0.2, 0.25) is 0 Å². The summed E-state index contributed by atoms with van der Waals surface area (Å²) < 4.78 is 0. The number of rotatable bonds is 9. The molecule has 128 valence electrons. The summed E-state index contributed by atoms with van der Waals surface area (Å²) in [6.07, 6.45) is 7.63. The van der Waals surface area contributed by atoms with Gasteiger partial charge in [0.15, 0.2) is 0 Å². The summed E-state index contributed by atoms with van der Waals surface area (Å²) in [5.41, 5.74) is 0.997. The highest BCUT2D eigenvalue weighted by atomic mass is 32.2. The largest absolute Gasteiger partial charge is 0.338 e. The van der Waals surface area contributed by atoms with E-state index in [1.54, 1.807) is 0 Å². The molecular weight excluding hydrogens is 308 g/mol. The van der Waals surface area contributed by atoms with Gasteiger partial charge in [-0.2, -0.15) is 0 Å². The first-order chi connectivity index (χ1) is 11.1. The number of thioether (sulfide) groups is 1. The molecular formula is C17H28N4OS. The maximum absolute atomic E-state index is 12.2. The normalized spacial score (nSPS) is 15.0. The monoisotopic (exact) mass is 336 g/mol. The van der Waals surface area contributed by atoms with Crippen LogP contribution in [0, 0.1) is 5.92 Å². The first-order valence-corrected chi connectivity index (χ1v) is 9.53. The van der Waals surface area contributed by atoms with Crippen LogP contribution in [-0.4, -0.2) is 44.8 Å². The number of H-pyrrole nitrogens is 1. The van der Waals surface area contributed by atoms with Crippen molar-refractivity contribution < 1.29 is 4.79 Å². The molecule has 1 saturated carbocycles. The molecule has 1 N–H and O–H groups in total. The molecule has 0 unspecified atom stereocenters. The minimum absolute atomic E-state index is 0.109. The molecule has 0 saturated heterocycles. The third kappa shape index (κ3) is 6.01. The second-order valence-corrected chi connectivity index (χ2v) is 7.35. The fourth-order valence-electron chi connectivity index (χ4n) is 3.01. The Morgan fingerprint density at radius 2 is 2.17 bits per heavy atom. The zero-order chi connectivity index (χ0) is 16.7. The van der Waals surface area contributed by atoms with Gasteiger partial charge in [0.2, 0.25) is 11.1 Å². The van der Waals surface area contributed by atoms with Crippen LogP contribution in [0.4, 0.5) is 0 Å².